The van der Waals surface area contributed by atoms with E-state index in [1.807, 2.05) is 6.92 Å². The van der Waals surface area contributed by atoms with Crippen molar-refractivity contribution in [2.75, 3.05) is 32.8 Å². The molecular formula is C16H29N3O3. The average molecular weight is 311 g/mol. The van der Waals surface area contributed by atoms with Gasteiger partial charge in [-0.2, -0.15) is 0 Å². The summed E-state index contributed by atoms with van der Waals surface area (Å²) in [6.45, 7) is 5.77. The van der Waals surface area contributed by atoms with Crippen molar-refractivity contribution in [2.24, 2.45) is 11.7 Å². The van der Waals surface area contributed by atoms with E-state index in [1.165, 1.54) is 0 Å². The smallest absolute Gasteiger partial charge is 0.243 e. The summed E-state index contributed by atoms with van der Waals surface area (Å²) in [6, 6.07) is 0. The molecule has 6 heteroatoms. The van der Waals surface area contributed by atoms with Gasteiger partial charge >= 0.3 is 0 Å². The Morgan fingerprint density at radius 1 is 1.18 bits per heavy atom. The number of hydrogen-bond donors (Lipinski definition) is 2. The lowest BCUT2D eigenvalue weighted by atomic mass is 9.88. The number of amides is 2. The maximum atomic E-state index is 12.5. The number of nitrogens with zero attached hydrogens (tertiary/aromatic N) is 1. The third-order valence-electron chi connectivity index (χ3n) is 4.87. The van der Waals surface area contributed by atoms with Crippen molar-refractivity contribution in [3.8, 4) is 0 Å². The fourth-order valence-electron chi connectivity index (χ4n) is 3.38. The highest BCUT2D eigenvalue weighted by Gasteiger charge is 2.39. The number of nitrogens with one attached hydrogen (secondary N) is 1. The van der Waals surface area contributed by atoms with Gasteiger partial charge in [-0.25, -0.2) is 0 Å². The first-order valence-corrected chi connectivity index (χ1v) is 8.45. The van der Waals surface area contributed by atoms with Crippen LogP contribution in [0, 0.1) is 5.92 Å². The van der Waals surface area contributed by atoms with Gasteiger partial charge < -0.3 is 15.8 Å². The lowest BCUT2D eigenvalue weighted by Gasteiger charge is -2.33. The van der Waals surface area contributed by atoms with Gasteiger partial charge in [-0.05, 0) is 12.8 Å². The Morgan fingerprint density at radius 2 is 1.77 bits per heavy atom. The first kappa shape index (κ1) is 17.2. The van der Waals surface area contributed by atoms with E-state index in [1.54, 1.807) is 0 Å². The zero-order valence-corrected chi connectivity index (χ0v) is 13.6. The van der Waals surface area contributed by atoms with Crippen LogP contribution in [0.1, 0.15) is 45.4 Å². The van der Waals surface area contributed by atoms with E-state index in [9.17, 15) is 9.59 Å². The lowest BCUT2D eigenvalue weighted by Crippen LogP contribution is -2.59. The summed E-state index contributed by atoms with van der Waals surface area (Å²) in [7, 11) is 0. The van der Waals surface area contributed by atoms with Crippen LogP contribution >= 0.6 is 0 Å². The second-order valence-electron chi connectivity index (χ2n) is 6.66. The topological polar surface area (TPSA) is 84.7 Å². The van der Waals surface area contributed by atoms with Crippen LogP contribution in [-0.4, -0.2) is 55.1 Å². The van der Waals surface area contributed by atoms with Gasteiger partial charge in [-0.15, -0.1) is 0 Å². The van der Waals surface area contributed by atoms with Crippen LogP contribution < -0.4 is 11.1 Å². The van der Waals surface area contributed by atoms with Crippen LogP contribution in [0.4, 0.5) is 0 Å². The number of ether oxygens (including phenoxy) is 1. The number of rotatable bonds is 5. The van der Waals surface area contributed by atoms with E-state index in [4.69, 9.17) is 10.5 Å². The Labute approximate surface area is 132 Å². The molecule has 1 heterocycles. The van der Waals surface area contributed by atoms with E-state index in [0.717, 1.165) is 52.0 Å². The van der Waals surface area contributed by atoms with Gasteiger partial charge in [-0.1, -0.05) is 32.6 Å². The van der Waals surface area contributed by atoms with E-state index in [0.29, 0.717) is 19.4 Å². The molecule has 0 aromatic carbocycles. The molecule has 1 saturated heterocycles. The molecule has 6 nitrogen and oxygen atoms in total. The lowest BCUT2D eigenvalue weighted by molar-refractivity contribution is -0.134. The van der Waals surface area contributed by atoms with Gasteiger partial charge in [0, 0.05) is 25.6 Å². The highest BCUT2D eigenvalue weighted by Crippen LogP contribution is 2.27. The molecule has 1 aliphatic heterocycles. The van der Waals surface area contributed by atoms with Crippen molar-refractivity contribution in [3.63, 3.8) is 0 Å². The molecule has 22 heavy (non-hydrogen) atoms. The molecule has 0 spiro atoms. The molecular weight excluding hydrogens is 282 g/mol. The second-order valence-corrected chi connectivity index (χ2v) is 6.66. The Morgan fingerprint density at radius 3 is 2.32 bits per heavy atom. The van der Waals surface area contributed by atoms with Crippen LogP contribution in [0.25, 0.3) is 0 Å². The number of nitrogens with two attached hydrogens (primary N) is 1. The zero-order valence-electron chi connectivity index (χ0n) is 13.6. The second kappa shape index (κ2) is 7.92. The largest absolute Gasteiger partial charge is 0.379 e. The van der Waals surface area contributed by atoms with Crippen LogP contribution in [0.5, 0.6) is 0 Å². The maximum Gasteiger partial charge on any atom is 0.243 e. The fourth-order valence-corrected chi connectivity index (χ4v) is 3.38. The molecule has 3 N–H and O–H groups in total. The van der Waals surface area contributed by atoms with Crippen molar-refractivity contribution >= 4 is 11.8 Å². The fraction of sp³-hybridized carbons (Fsp3) is 0.875. The molecule has 1 aliphatic carbocycles. The summed E-state index contributed by atoms with van der Waals surface area (Å²) in [5.41, 5.74) is 4.78. The summed E-state index contributed by atoms with van der Waals surface area (Å²) >= 11 is 0. The first-order chi connectivity index (χ1) is 10.5. The van der Waals surface area contributed by atoms with Crippen molar-refractivity contribution in [1.29, 1.82) is 0 Å². The normalized spacial score (nSPS) is 24.2. The van der Waals surface area contributed by atoms with Crippen molar-refractivity contribution in [2.45, 2.75) is 51.0 Å². The number of carbonyl (C=O) groups excluding carboxylic acids is 2. The third kappa shape index (κ3) is 4.43. The van der Waals surface area contributed by atoms with E-state index < -0.39 is 5.54 Å². The first-order valence-electron chi connectivity index (χ1n) is 8.45. The van der Waals surface area contributed by atoms with Gasteiger partial charge in [0.05, 0.1) is 13.2 Å². The van der Waals surface area contributed by atoms with Crippen molar-refractivity contribution in [3.05, 3.63) is 0 Å². The summed E-state index contributed by atoms with van der Waals surface area (Å²) in [5.74, 6) is -0.605. The molecule has 1 saturated carbocycles. The standard InChI is InChI=1S/C16H29N3O3/c1-13(12-19-8-10-22-11-9-19)14(20)18-16(15(17)21)6-4-2-3-5-7-16/h13H,2-12H2,1H3,(H2,17,21)(H,18,20)/t13-/m1/s1. The highest BCUT2D eigenvalue weighted by atomic mass is 16.5. The molecule has 0 bridgehead atoms. The van der Waals surface area contributed by atoms with E-state index in [2.05, 4.69) is 10.2 Å². The third-order valence-corrected chi connectivity index (χ3v) is 4.87. The van der Waals surface area contributed by atoms with Gasteiger partial charge in [0.25, 0.3) is 0 Å². The minimum absolute atomic E-state index is 0.0628. The molecule has 0 unspecified atom stereocenters. The van der Waals surface area contributed by atoms with Gasteiger partial charge in [0.2, 0.25) is 11.8 Å². The Balaban J connectivity index is 1.93. The van der Waals surface area contributed by atoms with E-state index >= 15 is 0 Å². The summed E-state index contributed by atoms with van der Waals surface area (Å²) in [6.07, 6.45) is 5.43. The molecule has 2 aliphatic rings. The summed E-state index contributed by atoms with van der Waals surface area (Å²) in [4.78, 5) is 26.7. The maximum absolute atomic E-state index is 12.5. The molecule has 2 rings (SSSR count). The zero-order chi connectivity index (χ0) is 16.0. The Kier molecular flexibility index (Phi) is 6.20. The van der Waals surface area contributed by atoms with Crippen LogP contribution in [-0.2, 0) is 14.3 Å². The van der Waals surface area contributed by atoms with Crippen molar-refractivity contribution < 1.29 is 14.3 Å². The monoisotopic (exact) mass is 311 g/mol. The van der Waals surface area contributed by atoms with Gasteiger partial charge in [-0.3, -0.25) is 14.5 Å². The van der Waals surface area contributed by atoms with Crippen LogP contribution in [0.15, 0.2) is 0 Å². The molecule has 2 fully saturated rings. The minimum Gasteiger partial charge on any atom is -0.379 e. The number of hydrogen-bond acceptors (Lipinski definition) is 4. The quantitative estimate of drug-likeness (QED) is 0.730. The van der Waals surface area contributed by atoms with Crippen LogP contribution in [0.3, 0.4) is 0 Å². The number of primary amides is 1. The minimum atomic E-state index is -0.840. The van der Waals surface area contributed by atoms with Crippen molar-refractivity contribution in [1.82, 2.24) is 10.2 Å². The molecule has 0 aromatic rings. The predicted octanol–water partition coefficient (Wildman–Crippen LogP) is 0.649. The Bertz CT molecular complexity index is 386. The SMILES string of the molecule is C[C@H](CN1CCOCC1)C(=O)NC1(C(N)=O)CCCCCC1. The summed E-state index contributed by atoms with van der Waals surface area (Å²) in [5, 5.41) is 2.99. The summed E-state index contributed by atoms with van der Waals surface area (Å²) < 4.78 is 5.32. The molecule has 126 valence electrons. The molecule has 0 aromatic heterocycles. The highest BCUT2D eigenvalue weighted by molar-refractivity contribution is 5.91. The number of morpholine rings is 1. The Hall–Kier alpha value is -1.14. The molecule has 1 atom stereocenters. The van der Waals surface area contributed by atoms with E-state index in [-0.39, 0.29) is 17.7 Å². The van der Waals surface area contributed by atoms with Gasteiger partial charge in [0.15, 0.2) is 0 Å². The van der Waals surface area contributed by atoms with Gasteiger partial charge in [0.1, 0.15) is 5.54 Å². The predicted molar refractivity (Wildman–Crippen MR) is 84.2 cm³/mol. The molecule has 2 amide bonds. The van der Waals surface area contributed by atoms with Crippen LogP contribution in [0.2, 0.25) is 0 Å². The number of carbonyl (C=O) groups is 2. The average Bonchev–Trinajstić information content (AvgIpc) is 2.75. The molecule has 0 radical (unpaired) electrons.